The van der Waals surface area contributed by atoms with Crippen LogP contribution in [0, 0.1) is 11.3 Å². The van der Waals surface area contributed by atoms with E-state index in [9.17, 15) is 4.79 Å². The Labute approximate surface area is 49.1 Å². The van der Waals surface area contributed by atoms with E-state index < -0.39 is 0 Å². The third kappa shape index (κ3) is 0.263. The van der Waals surface area contributed by atoms with Gasteiger partial charge in [0.1, 0.15) is 5.78 Å². The average Bonchev–Trinajstić information content (AvgIpc) is 1.79. The number of carbonyl (C=O) groups is 1. The zero-order chi connectivity index (χ0) is 5.78. The molecule has 0 aromatic rings. The lowest BCUT2D eigenvalue weighted by atomic mass is 9.48. The molecule has 0 aliphatic heterocycles. The first-order valence-corrected chi connectivity index (χ1v) is 3.27. The summed E-state index contributed by atoms with van der Waals surface area (Å²) >= 11 is 0. The molecule has 2 unspecified atom stereocenters. The monoisotopic (exact) mass is 110 g/mol. The molecule has 2 saturated carbocycles. The quantitative estimate of drug-likeness (QED) is 0.460. The maximum absolute atomic E-state index is 10.8. The van der Waals surface area contributed by atoms with Crippen LogP contribution in [0.5, 0.6) is 0 Å². The van der Waals surface area contributed by atoms with Gasteiger partial charge in [0.2, 0.25) is 0 Å². The molecular weight excluding hydrogens is 100 g/mol. The molecule has 0 bridgehead atoms. The molecule has 0 aromatic heterocycles. The summed E-state index contributed by atoms with van der Waals surface area (Å²) in [6.45, 7) is 2.10. The minimum Gasteiger partial charge on any atom is -0.299 e. The van der Waals surface area contributed by atoms with E-state index in [1.807, 2.05) is 0 Å². The first-order valence-electron chi connectivity index (χ1n) is 3.27. The highest BCUT2D eigenvalue weighted by atomic mass is 16.1. The Kier molecular flexibility index (Phi) is 0.565. The van der Waals surface area contributed by atoms with E-state index in [4.69, 9.17) is 0 Å². The summed E-state index contributed by atoms with van der Waals surface area (Å²) in [5.74, 6) is 1.30. The summed E-state index contributed by atoms with van der Waals surface area (Å²) in [7, 11) is 0. The van der Waals surface area contributed by atoms with Crippen molar-refractivity contribution < 1.29 is 4.79 Å². The molecule has 2 aliphatic rings. The minimum absolute atomic E-state index is 0.181. The topological polar surface area (TPSA) is 17.1 Å². The number of hydrogen-bond donors (Lipinski definition) is 0. The lowest BCUT2D eigenvalue weighted by molar-refractivity contribution is -0.157. The van der Waals surface area contributed by atoms with Crippen molar-refractivity contribution in [3.8, 4) is 0 Å². The van der Waals surface area contributed by atoms with Gasteiger partial charge in [0.25, 0.3) is 0 Å². The normalized spacial score (nSPS) is 51.6. The van der Waals surface area contributed by atoms with Gasteiger partial charge in [-0.25, -0.2) is 0 Å². The van der Waals surface area contributed by atoms with E-state index in [1.54, 1.807) is 0 Å². The fourth-order valence-electron chi connectivity index (χ4n) is 1.80. The lowest BCUT2D eigenvalue weighted by Gasteiger charge is -2.54. The van der Waals surface area contributed by atoms with Crippen molar-refractivity contribution >= 4 is 5.78 Å². The van der Waals surface area contributed by atoms with Crippen molar-refractivity contribution in [2.45, 2.75) is 26.2 Å². The molecule has 0 heterocycles. The molecule has 2 fully saturated rings. The lowest BCUT2D eigenvalue weighted by Crippen LogP contribution is -2.54. The van der Waals surface area contributed by atoms with Gasteiger partial charge in [0.15, 0.2) is 0 Å². The van der Waals surface area contributed by atoms with Crippen molar-refractivity contribution in [2.75, 3.05) is 0 Å². The molecule has 0 amide bonds. The molecule has 2 atom stereocenters. The van der Waals surface area contributed by atoms with Crippen LogP contribution in [0.25, 0.3) is 0 Å². The van der Waals surface area contributed by atoms with Crippen LogP contribution in [0.4, 0.5) is 0 Å². The van der Waals surface area contributed by atoms with Gasteiger partial charge in [0.05, 0.1) is 0 Å². The maximum Gasteiger partial charge on any atom is 0.139 e. The number of rotatable bonds is 0. The molecule has 1 heteroatoms. The SMILES string of the molecule is CC12CCC1CC2=O. The van der Waals surface area contributed by atoms with Crippen LogP contribution in [0.15, 0.2) is 0 Å². The second-order valence-corrected chi connectivity index (χ2v) is 3.28. The second-order valence-electron chi connectivity index (χ2n) is 3.28. The Morgan fingerprint density at radius 3 is 2.50 bits per heavy atom. The van der Waals surface area contributed by atoms with Gasteiger partial charge >= 0.3 is 0 Å². The fourth-order valence-corrected chi connectivity index (χ4v) is 1.80. The third-order valence-corrected chi connectivity index (χ3v) is 2.98. The molecule has 2 rings (SSSR count). The minimum atomic E-state index is 0.181. The van der Waals surface area contributed by atoms with Crippen molar-refractivity contribution in [3.05, 3.63) is 0 Å². The molecule has 2 aliphatic carbocycles. The van der Waals surface area contributed by atoms with Gasteiger partial charge in [-0.1, -0.05) is 6.92 Å². The zero-order valence-electron chi connectivity index (χ0n) is 5.11. The summed E-state index contributed by atoms with van der Waals surface area (Å²) < 4.78 is 0. The molecule has 0 spiro atoms. The Balaban J connectivity index is 2.23. The molecule has 44 valence electrons. The van der Waals surface area contributed by atoms with Crippen LogP contribution >= 0.6 is 0 Å². The predicted octanol–water partition coefficient (Wildman–Crippen LogP) is 1.38. The number of carbonyl (C=O) groups excluding carboxylic acids is 1. The van der Waals surface area contributed by atoms with Crippen LogP contribution in [0.2, 0.25) is 0 Å². The van der Waals surface area contributed by atoms with E-state index in [-0.39, 0.29) is 5.41 Å². The van der Waals surface area contributed by atoms with E-state index in [0.29, 0.717) is 5.78 Å². The number of ketones is 1. The summed E-state index contributed by atoms with van der Waals surface area (Å²) in [5, 5.41) is 0. The smallest absolute Gasteiger partial charge is 0.139 e. The Hall–Kier alpha value is -0.330. The number of fused-ring (bicyclic) bond motifs is 1. The summed E-state index contributed by atoms with van der Waals surface area (Å²) in [6.07, 6.45) is 3.36. The highest BCUT2D eigenvalue weighted by Crippen LogP contribution is 2.57. The van der Waals surface area contributed by atoms with Gasteiger partial charge in [-0.3, -0.25) is 4.79 Å². The second kappa shape index (κ2) is 0.996. The maximum atomic E-state index is 10.8. The van der Waals surface area contributed by atoms with Gasteiger partial charge in [-0.15, -0.1) is 0 Å². The summed E-state index contributed by atoms with van der Waals surface area (Å²) in [6, 6.07) is 0. The Morgan fingerprint density at radius 2 is 2.50 bits per heavy atom. The molecular formula is C7H10O. The van der Waals surface area contributed by atoms with Gasteiger partial charge in [-0.05, 0) is 18.8 Å². The molecule has 0 saturated heterocycles. The molecule has 0 N–H and O–H groups in total. The zero-order valence-corrected chi connectivity index (χ0v) is 5.11. The van der Waals surface area contributed by atoms with Crippen molar-refractivity contribution in [1.82, 2.24) is 0 Å². The molecule has 1 nitrogen and oxygen atoms in total. The van der Waals surface area contributed by atoms with E-state index in [0.717, 1.165) is 18.8 Å². The van der Waals surface area contributed by atoms with Crippen LogP contribution < -0.4 is 0 Å². The van der Waals surface area contributed by atoms with Crippen LogP contribution in [-0.2, 0) is 4.79 Å². The third-order valence-electron chi connectivity index (χ3n) is 2.98. The number of hydrogen-bond acceptors (Lipinski definition) is 1. The van der Waals surface area contributed by atoms with Crippen LogP contribution in [0.3, 0.4) is 0 Å². The van der Waals surface area contributed by atoms with Gasteiger partial charge < -0.3 is 0 Å². The summed E-state index contributed by atoms with van der Waals surface area (Å²) in [4.78, 5) is 10.8. The Morgan fingerprint density at radius 1 is 1.75 bits per heavy atom. The van der Waals surface area contributed by atoms with Crippen molar-refractivity contribution in [3.63, 3.8) is 0 Å². The number of Topliss-reactive ketones (excluding diaryl/α,β-unsaturated/α-hetero) is 1. The van der Waals surface area contributed by atoms with E-state index in [2.05, 4.69) is 6.92 Å². The fraction of sp³-hybridized carbons (Fsp3) is 0.857. The van der Waals surface area contributed by atoms with Crippen LogP contribution in [0.1, 0.15) is 26.2 Å². The molecule has 0 aromatic carbocycles. The highest BCUT2D eigenvalue weighted by molar-refractivity contribution is 5.92. The van der Waals surface area contributed by atoms with Gasteiger partial charge in [0, 0.05) is 11.8 Å². The van der Waals surface area contributed by atoms with Gasteiger partial charge in [-0.2, -0.15) is 0 Å². The van der Waals surface area contributed by atoms with E-state index in [1.165, 1.54) is 6.42 Å². The van der Waals surface area contributed by atoms with Crippen molar-refractivity contribution in [1.29, 1.82) is 0 Å². The standard InChI is InChI=1S/C7H10O/c1-7-3-2-5(7)4-6(7)8/h5H,2-4H2,1H3. The molecule has 0 radical (unpaired) electrons. The van der Waals surface area contributed by atoms with E-state index >= 15 is 0 Å². The molecule has 8 heavy (non-hydrogen) atoms. The first kappa shape index (κ1) is 4.54. The average molecular weight is 110 g/mol. The Bertz CT molecular complexity index is 150. The van der Waals surface area contributed by atoms with Crippen molar-refractivity contribution in [2.24, 2.45) is 11.3 Å². The first-order chi connectivity index (χ1) is 3.73. The summed E-state index contributed by atoms with van der Waals surface area (Å²) in [5.41, 5.74) is 0.181. The van der Waals surface area contributed by atoms with Crippen LogP contribution in [-0.4, -0.2) is 5.78 Å². The largest absolute Gasteiger partial charge is 0.299 e. The predicted molar refractivity (Wildman–Crippen MR) is 30.5 cm³/mol. The highest BCUT2D eigenvalue weighted by Gasteiger charge is 2.56.